The van der Waals surface area contributed by atoms with Crippen LogP contribution in [-0.2, 0) is 7.05 Å². The Bertz CT molecular complexity index is 547. The highest BCUT2D eigenvalue weighted by molar-refractivity contribution is 5.91. The predicted octanol–water partition coefficient (Wildman–Crippen LogP) is 0.584. The first-order valence-electron chi connectivity index (χ1n) is 4.74. The summed E-state index contributed by atoms with van der Waals surface area (Å²) in [6.45, 7) is 0. The third-order valence-corrected chi connectivity index (χ3v) is 2.22. The SMILES string of the molecule is COc1cnc(-c2c(C(=O)O)ncn2C)nc1. The Labute approximate surface area is 96.7 Å². The highest BCUT2D eigenvalue weighted by atomic mass is 16.5. The average molecular weight is 234 g/mol. The van der Waals surface area contributed by atoms with Crippen LogP contribution in [0.5, 0.6) is 5.75 Å². The van der Waals surface area contributed by atoms with Gasteiger partial charge in [-0.05, 0) is 0 Å². The molecule has 7 nitrogen and oxygen atoms in total. The van der Waals surface area contributed by atoms with Gasteiger partial charge in [0.15, 0.2) is 17.3 Å². The lowest BCUT2D eigenvalue weighted by molar-refractivity contribution is 0.0692. The molecule has 1 N–H and O–H groups in total. The van der Waals surface area contributed by atoms with Crippen LogP contribution in [0, 0.1) is 0 Å². The molecule has 0 spiro atoms. The van der Waals surface area contributed by atoms with Crippen LogP contribution in [0.1, 0.15) is 10.5 Å². The molecule has 0 atom stereocenters. The topological polar surface area (TPSA) is 90.1 Å². The van der Waals surface area contributed by atoms with Crippen LogP contribution < -0.4 is 4.74 Å². The van der Waals surface area contributed by atoms with Crippen molar-refractivity contribution < 1.29 is 14.6 Å². The zero-order valence-corrected chi connectivity index (χ0v) is 9.28. The van der Waals surface area contributed by atoms with Crippen LogP contribution in [-0.4, -0.2) is 37.7 Å². The minimum atomic E-state index is -1.11. The fraction of sp³-hybridized carbons (Fsp3) is 0.200. The summed E-state index contributed by atoms with van der Waals surface area (Å²) in [4.78, 5) is 22.8. The van der Waals surface area contributed by atoms with E-state index in [1.165, 1.54) is 25.8 Å². The Morgan fingerprint density at radius 2 is 2.00 bits per heavy atom. The van der Waals surface area contributed by atoms with Gasteiger partial charge in [-0.1, -0.05) is 0 Å². The van der Waals surface area contributed by atoms with Crippen LogP contribution >= 0.6 is 0 Å². The van der Waals surface area contributed by atoms with E-state index in [1.54, 1.807) is 11.6 Å². The van der Waals surface area contributed by atoms with Crippen LogP contribution in [0.25, 0.3) is 11.5 Å². The van der Waals surface area contributed by atoms with Crippen molar-refractivity contribution in [3.8, 4) is 17.3 Å². The molecule has 0 bridgehead atoms. The molecule has 0 saturated carbocycles. The lowest BCUT2D eigenvalue weighted by Crippen LogP contribution is -2.03. The molecule has 2 aromatic rings. The summed E-state index contributed by atoms with van der Waals surface area (Å²) in [6, 6.07) is 0. The average Bonchev–Trinajstić information content (AvgIpc) is 2.71. The van der Waals surface area contributed by atoms with Crippen molar-refractivity contribution in [2.75, 3.05) is 7.11 Å². The van der Waals surface area contributed by atoms with E-state index in [-0.39, 0.29) is 5.69 Å². The maximum Gasteiger partial charge on any atom is 0.356 e. The normalized spacial score (nSPS) is 10.2. The Morgan fingerprint density at radius 3 is 2.53 bits per heavy atom. The number of aryl methyl sites for hydroxylation is 1. The van der Waals surface area contributed by atoms with Gasteiger partial charge in [0.1, 0.15) is 5.69 Å². The van der Waals surface area contributed by atoms with Crippen LogP contribution in [0.4, 0.5) is 0 Å². The van der Waals surface area contributed by atoms with Crippen LogP contribution in [0.2, 0.25) is 0 Å². The molecule has 88 valence electrons. The minimum Gasteiger partial charge on any atom is -0.494 e. The van der Waals surface area contributed by atoms with E-state index in [9.17, 15) is 4.79 Å². The number of nitrogens with zero attached hydrogens (tertiary/aromatic N) is 4. The number of carboxylic acid groups (broad SMARTS) is 1. The molecule has 17 heavy (non-hydrogen) atoms. The van der Waals surface area contributed by atoms with Gasteiger partial charge in [0.25, 0.3) is 0 Å². The summed E-state index contributed by atoms with van der Waals surface area (Å²) < 4.78 is 6.49. The molecule has 0 aliphatic carbocycles. The summed E-state index contributed by atoms with van der Waals surface area (Å²) in [6.07, 6.45) is 4.36. The number of carboxylic acids is 1. The van der Waals surface area contributed by atoms with E-state index in [1.807, 2.05) is 0 Å². The van der Waals surface area contributed by atoms with E-state index >= 15 is 0 Å². The predicted molar refractivity (Wildman–Crippen MR) is 57.7 cm³/mol. The van der Waals surface area contributed by atoms with Crippen LogP contribution in [0.3, 0.4) is 0 Å². The van der Waals surface area contributed by atoms with E-state index in [2.05, 4.69) is 15.0 Å². The third-order valence-electron chi connectivity index (χ3n) is 2.22. The maximum absolute atomic E-state index is 11.0. The van der Waals surface area contributed by atoms with Gasteiger partial charge < -0.3 is 14.4 Å². The summed E-state index contributed by atoms with van der Waals surface area (Å²) in [7, 11) is 3.19. The largest absolute Gasteiger partial charge is 0.494 e. The molecule has 0 unspecified atom stereocenters. The first-order chi connectivity index (χ1) is 8.13. The lowest BCUT2D eigenvalue weighted by Gasteiger charge is -2.03. The monoisotopic (exact) mass is 234 g/mol. The molecular weight excluding hydrogens is 224 g/mol. The number of aromatic nitrogens is 4. The van der Waals surface area contributed by atoms with Gasteiger partial charge in [0.2, 0.25) is 0 Å². The van der Waals surface area contributed by atoms with Gasteiger partial charge in [-0.15, -0.1) is 0 Å². The van der Waals surface area contributed by atoms with Gasteiger partial charge >= 0.3 is 5.97 Å². The van der Waals surface area contributed by atoms with Crippen molar-refractivity contribution >= 4 is 5.97 Å². The van der Waals surface area contributed by atoms with Gasteiger partial charge in [-0.25, -0.2) is 19.7 Å². The summed E-state index contributed by atoms with van der Waals surface area (Å²) in [5.41, 5.74) is 0.290. The Balaban J connectivity index is 2.51. The molecular formula is C10H10N4O3. The number of methoxy groups -OCH3 is 1. The summed E-state index contributed by atoms with van der Waals surface area (Å²) in [5, 5.41) is 8.98. The number of carbonyl (C=O) groups is 1. The van der Waals surface area contributed by atoms with Crippen molar-refractivity contribution in [2.45, 2.75) is 0 Å². The van der Waals surface area contributed by atoms with Crippen molar-refractivity contribution in [1.29, 1.82) is 0 Å². The number of ether oxygens (including phenoxy) is 1. The second kappa shape index (κ2) is 4.20. The van der Waals surface area contributed by atoms with Gasteiger partial charge in [-0.2, -0.15) is 0 Å². The first-order valence-corrected chi connectivity index (χ1v) is 4.74. The molecule has 0 aromatic carbocycles. The zero-order chi connectivity index (χ0) is 12.4. The lowest BCUT2D eigenvalue weighted by atomic mass is 10.3. The number of imidazole rings is 1. The molecule has 0 amide bonds. The quantitative estimate of drug-likeness (QED) is 0.835. The standard InChI is InChI=1S/C10H10N4O3/c1-14-5-13-7(10(15)16)8(14)9-11-3-6(17-2)4-12-9/h3-5H,1-2H3,(H,15,16). The second-order valence-corrected chi connectivity index (χ2v) is 3.30. The number of rotatable bonds is 3. The first kappa shape index (κ1) is 11.1. The van der Waals surface area contributed by atoms with Crippen molar-refractivity contribution in [2.24, 2.45) is 7.05 Å². The van der Waals surface area contributed by atoms with Crippen molar-refractivity contribution in [1.82, 2.24) is 19.5 Å². The van der Waals surface area contributed by atoms with Crippen molar-refractivity contribution in [3.63, 3.8) is 0 Å². The smallest absolute Gasteiger partial charge is 0.356 e. The zero-order valence-electron chi connectivity index (χ0n) is 9.28. The molecule has 2 rings (SSSR count). The molecule has 0 radical (unpaired) electrons. The third kappa shape index (κ3) is 1.94. The molecule has 0 saturated heterocycles. The Kier molecular flexibility index (Phi) is 2.73. The maximum atomic E-state index is 11.0. The fourth-order valence-corrected chi connectivity index (χ4v) is 1.39. The minimum absolute atomic E-state index is 0.0716. The molecule has 0 aliphatic rings. The summed E-state index contributed by atoms with van der Waals surface area (Å²) in [5.74, 6) is -0.309. The molecule has 2 heterocycles. The highest BCUT2D eigenvalue weighted by Gasteiger charge is 2.19. The van der Waals surface area contributed by atoms with E-state index in [4.69, 9.17) is 9.84 Å². The van der Waals surface area contributed by atoms with Gasteiger partial charge in [0, 0.05) is 7.05 Å². The van der Waals surface area contributed by atoms with E-state index in [0.717, 1.165) is 0 Å². The number of aromatic carboxylic acids is 1. The second-order valence-electron chi connectivity index (χ2n) is 3.30. The van der Waals surface area contributed by atoms with Gasteiger partial charge in [-0.3, -0.25) is 0 Å². The molecule has 2 aromatic heterocycles. The van der Waals surface area contributed by atoms with Crippen LogP contribution in [0.15, 0.2) is 18.7 Å². The Morgan fingerprint density at radius 1 is 1.35 bits per heavy atom. The van der Waals surface area contributed by atoms with E-state index < -0.39 is 5.97 Å². The highest BCUT2D eigenvalue weighted by Crippen LogP contribution is 2.19. The molecule has 0 fully saturated rings. The Hall–Kier alpha value is -2.44. The number of hydrogen-bond acceptors (Lipinski definition) is 5. The van der Waals surface area contributed by atoms with Crippen molar-refractivity contribution in [3.05, 3.63) is 24.4 Å². The van der Waals surface area contributed by atoms with E-state index in [0.29, 0.717) is 17.3 Å². The number of hydrogen-bond donors (Lipinski definition) is 1. The van der Waals surface area contributed by atoms with Gasteiger partial charge in [0.05, 0.1) is 25.8 Å². The molecule has 7 heteroatoms. The fourth-order valence-electron chi connectivity index (χ4n) is 1.39. The molecule has 0 aliphatic heterocycles. The summed E-state index contributed by atoms with van der Waals surface area (Å²) >= 11 is 0.